The second-order valence-electron chi connectivity index (χ2n) is 6.48. The number of aromatic nitrogens is 2. The summed E-state index contributed by atoms with van der Waals surface area (Å²) in [5.74, 6) is 0. The van der Waals surface area contributed by atoms with Gasteiger partial charge in [0.1, 0.15) is 0 Å². The Morgan fingerprint density at radius 2 is 2.04 bits per heavy atom. The number of halogens is 2. The van der Waals surface area contributed by atoms with E-state index in [1.54, 1.807) is 0 Å². The van der Waals surface area contributed by atoms with Crippen molar-refractivity contribution in [3.63, 3.8) is 0 Å². The Kier molecular flexibility index (Phi) is 5.17. The number of aryl methyl sites for hydroxylation is 1. The number of fused-ring (bicyclic) bond motifs is 1. The van der Waals surface area contributed by atoms with Crippen LogP contribution in [0.2, 0.25) is 0 Å². The van der Waals surface area contributed by atoms with Gasteiger partial charge >= 0.3 is 6.55 Å². The average molecular weight is 333 g/mol. The highest BCUT2D eigenvalue weighted by atomic mass is 19.3. The molecule has 0 amide bonds. The minimum absolute atomic E-state index is 0.585. The van der Waals surface area contributed by atoms with Gasteiger partial charge in [-0.1, -0.05) is 26.3 Å². The van der Waals surface area contributed by atoms with E-state index in [-0.39, 0.29) is 0 Å². The maximum Gasteiger partial charge on any atom is 0.333 e. The van der Waals surface area contributed by atoms with Gasteiger partial charge in [0.05, 0.1) is 6.20 Å². The first kappa shape index (κ1) is 16.9. The number of anilines is 1. The number of rotatable bonds is 6. The van der Waals surface area contributed by atoms with Crippen LogP contribution in [-0.4, -0.2) is 22.4 Å². The summed E-state index contributed by atoms with van der Waals surface area (Å²) < 4.78 is 26.1. The SMILES string of the molecule is CCCC(CC)N1CCCc2cc(-c3cnn(C(F)F)c3)ccc21. The lowest BCUT2D eigenvalue weighted by Gasteiger charge is -2.38. The van der Waals surface area contributed by atoms with E-state index < -0.39 is 6.55 Å². The Bertz CT molecular complexity index is 681. The van der Waals surface area contributed by atoms with Crippen molar-refractivity contribution in [1.29, 1.82) is 0 Å². The van der Waals surface area contributed by atoms with Gasteiger partial charge in [0.2, 0.25) is 0 Å². The van der Waals surface area contributed by atoms with Gasteiger partial charge in [-0.2, -0.15) is 13.9 Å². The third kappa shape index (κ3) is 3.30. The van der Waals surface area contributed by atoms with E-state index in [0.717, 1.165) is 36.9 Å². The minimum Gasteiger partial charge on any atom is -0.368 e. The molecule has 0 bridgehead atoms. The van der Waals surface area contributed by atoms with Crippen molar-refractivity contribution < 1.29 is 8.78 Å². The molecule has 1 aliphatic rings. The van der Waals surface area contributed by atoms with Crippen molar-refractivity contribution >= 4 is 5.69 Å². The molecule has 3 rings (SSSR count). The Hall–Kier alpha value is -1.91. The second-order valence-corrected chi connectivity index (χ2v) is 6.48. The van der Waals surface area contributed by atoms with Gasteiger partial charge in [-0.05, 0) is 48.9 Å². The normalized spacial score (nSPS) is 15.6. The van der Waals surface area contributed by atoms with E-state index in [0.29, 0.717) is 10.7 Å². The van der Waals surface area contributed by atoms with Crippen LogP contribution < -0.4 is 4.90 Å². The number of nitrogens with zero attached hydrogens (tertiary/aromatic N) is 3. The molecule has 0 saturated heterocycles. The maximum absolute atomic E-state index is 12.7. The second kappa shape index (κ2) is 7.32. The van der Waals surface area contributed by atoms with Crippen molar-refractivity contribution in [2.45, 2.75) is 58.5 Å². The van der Waals surface area contributed by atoms with Gasteiger partial charge in [-0.25, -0.2) is 4.68 Å². The molecule has 0 saturated carbocycles. The van der Waals surface area contributed by atoms with Gasteiger partial charge in [0.25, 0.3) is 0 Å². The third-order valence-corrected chi connectivity index (χ3v) is 4.90. The molecule has 24 heavy (non-hydrogen) atoms. The molecule has 0 spiro atoms. The number of hydrogen-bond acceptors (Lipinski definition) is 2. The summed E-state index contributed by atoms with van der Waals surface area (Å²) in [6, 6.07) is 6.92. The highest BCUT2D eigenvalue weighted by Gasteiger charge is 2.23. The number of alkyl halides is 2. The summed E-state index contributed by atoms with van der Waals surface area (Å²) in [6.45, 7) is 3.00. The molecule has 1 aliphatic heterocycles. The maximum atomic E-state index is 12.7. The molecule has 0 aliphatic carbocycles. The first-order valence-electron chi connectivity index (χ1n) is 8.86. The Morgan fingerprint density at radius 3 is 2.71 bits per heavy atom. The summed E-state index contributed by atoms with van der Waals surface area (Å²) in [7, 11) is 0. The lowest BCUT2D eigenvalue weighted by atomic mass is 9.94. The van der Waals surface area contributed by atoms with Crippen molar-refractivity contribution in [2.75, 3.05) is 11.4 Å². The van der Waals surface area contributed by atoms with Crippen LogP contribution in [0.1, 0.15) is 51.6 Å². The smallest absolute Gasteiger partial charge is 0.333 e. The molecule has 1 atom stereocenters. The molecule has 1 aromatic heterocycles. The number of hydrogen-bond donors (Lipinski definition) is 0. The van der Waals surface area contributed by atoms with Crippen molar-refractivity contribution in [3.8, 4) is 11.1 Å². The monoisotopic (exact) mass is 333 g/mol. The summed E-state index contributed by atoms with van der Waals surface area (Å²) in [6.07, 6.45) is 8.67. The molecular formula is C19H25F2N3. The van der Waals surface area contributed by atoms with Crippen LogP contribution in [0.4, 0.5) is 14.5 Å². The van der Waals surface area contributed by atoms with Crippen molar-refractivity contribution in [3.05, 3.63) is 36.2 Å². The molecule has 1 aromatic carbocycles. The molecule has 2 aromatic rings. The van der Waals surface area contributed by atoms with E-state index in [1.807, 2.05) is 6.07 Å². The zero-order valence-electron chi connectivity index (χ0n) is 14.4. The van der Waals surface area contributed by atoms with E-state index in [2.05, 4.69) is 36.0 Å². The molecule has 2 heterocycles. The van der Waals surface area contributed by atoms with Crippen LogP contribution in [0.5, 0.6) is 0 Å². The predicted molar refractivity (Wildman–Crippen MR) is 93.6 cm³/mol. The largest absolute Gasteiger partial charge is 0.368 e. The highest BCUT2D eigenvalue weighted by Crippen LogP contribution is 2.34. The van der Waals surface area contributed by atoms with E-state index in [9.17, 15) is 8.78 Å². The predicted octanol–water partition coefficient (Wildman–Crippen LogP) is 5.28. The quantitative estimate of drug-likeness (QED) is 0.717. The first-order chi connectivity index (χ1) is 11.6. The average Bonchev–Trinajstić information content (AvgIpc) is 3.09. The molecule has 0 N–H and O–H groups in total. The molecule has 1 unspecified atom stereocenters. The van der Waals surface area contributed by atoms with Gasteiger partial charge < -0.3 is 4.90 Å². The summed E-state index contributed by atoms with van der Waals surface area (Å²) in [4.78, 5) is 2.54. The Balaban J connectivity index is 1.90. The summed E-state index contributed by atoms with van der Waals surface area (Å²) >= 11 is 0. The van der Waals surface area contributed by atoms with Crippen LogP contribution in [0.15, 0.2) is 30.6 Å². The fraction of sp³-hybridized carbons (Fsp3) is 0.526. The van der Waals surface area contributed by atoms with Crippen LogP contribution >= 0.6 is 0 Å². The molecular weight excluding hydrogens is 308 g/mol. The molecule has 0 fully saturated rings. The van der Waals surface area contributed by atoms with Crippen LogP contribution in [-0.2, 0) is 6.42 Å². The fourth-order valence-electron chi connectivity index (χ4n) is 3.69. The Labute approximate surface area is 142 Å². The molecule has 3 nitrogen and oxygen atoms in total. The zero-order valence-corrected chi connectivity index (χ0v) is 14.4. The summed E-state index contributed by atoms with van der Waals surface area (Å²) in [5, 5.41) is 3.74. The molecule has 5 heteroatoms. The zero-order chi connectivity index (χ0) is 17.1. The van der Waals surface area contributed by atoms with Gasteiger partial charge in [0, 0.05) is 30.0 Å². The molecule has 0 radical (unpaired) electrons. The van der Waals surface area contributed by atoms with E-state index >= 15 is 0 Å². The standard InChI is InChI=1S/C19H25F2N3/c1-3-6-17(4-2)23-10-5-7-15-11-14(8-9-18(15)23)16-12-22-24(13-16)19(20)21/h8-9,11-13,17,19H,3-7,10H2,1-2H3. The van der Waals surface area contributed by atoms with Crippen molar-refractivity contribution in [1.82, 2.24) is 9.78 Å². The first-order valence-corrected chi connectivity index (χ1v) is 8.86. The van der Waals surface area contributed by atoms with E-state index in [1.165, 1.54) is 36.5 Å². The van der Waals surface area contributed by atoms with E-state index in [4.69, 9.17) is 0 Å². The topological polar surface area (TPSA) is 21.1 Å². The fourth-order valence-corrected chi connectivity index (χ4v) is 3.69. The lowest BCUT2D eigenvalue weighted by molar-refractivity contribution is 0.0566. The third-order valence-electron chi connectivity index (χ3n) is 4.90. The minimum atomic E-state index is -2.59. The van der Waals surface area contributed by atoms with Crippen LogP contribution in [0.3, 0.4) is 0 Å². The van der Waals surface area contributed by atoms with Gasteiger partial charge in [-0.3, -0.25) is 0 Å². The van der Waals surface area contributed by atoms with Crippen molar-refractivity contribution in [2.24, 2.45) is 0 Å². The van der Waals surface area contributed by atoms with Gasteiger partial charge in [0.15, 0.2) is 0 Å². The highest BCUT2D eigenvalue weighted by molar-refractivity contribution is 5.69. The summed E-state index contributed by atoms with van der Waals surface area (Å²) in [5.41, 5.74) is 4.34. The Morgan fingerprint density at radius 1 is 1.21 bits per heavy atom. The number of benzene rings is 1. The van der Waals surface area contributed by atoms with Crippen LogP contribution in [0, 0.1) is 0 Å². The molecule has 130 valence electrons. The lowest BCUT2D eigenvalue weighted by Crippen LogP contribution is -2.38. The van der Waals surface area contributed by atoms with Gasteiger partial charge in [-0.15, -0.1) is 0 Å². The van der Waals surface area contributed by atoms with Crippen LogP contribution in [0.25, 0.3) is 11.1 Å².